The van der Waals surface area contributed by atoms with E-state index in [1.165, 1.54) is 4.90 Å². The number of rotatable bonds is 3. The van der Waals surface area contributed by atoms with Gasteiger partial charge in [-0.3, -0.25) is 14.4 Å². The summed E-state index contributed by atoms with van der Waals surface area (Å²) >= 11 is 6.14. The molecule has 27 heavy (non-hydrogen) atoms. The number of anilines is 1. The number of imide groups is 1. The maximum absolute atomic E-state index is 13.1. The van der Waals surface area contributed by atoms with Gasteiger partial charge in [-0.25, -0.2) is 4.90 Å². The van der Waals surface area contributed by atoms with Crippen molar-refractivity contribution in [3.63, 3.8) is 0 Å². The lowest BCUT2D eigenvalue weighted by atomic mass is 9.81. The molecule has 3 fully saturated rings. The number of hydrogen-bond donors (Lipinski definition) is 0. The molecule has 2 bridgehead atoms. The number of fused-ring (bicyclic) bond motifs is 5. The van der Waals surface area contributed by atoms with Gasteiger partial charge in [-0.05, 0) is 49.3 Å². The minimum Gasteiger partial charge on any atom is -0.289 e. The second-order valence-corrected chi connectivity index (χ2v) is 8.19. The molecule has 1 heterocycles. The van der Waals surface area contributed by atoms with Crippen molar-refractivity contribution < 1.29 is 14.4 Å². The fraction of sp³-hybridized carbons (Fsp3) is 0.318. The van der Waals surface area contributed by atoms with E-state index in [0.29, 0.717) is 33.7 Å². The topological polar surface area (TPSA) is 54.5 Å². The van der Waals surface area contributed by atoms with Crippen molar-refractivity contribution in [3.05, 3.63) is 64.7 Å². The number of hydrogen-bond acceptors (Lipinski definition) is 3. The molecule has 2 aromatic rings. The minimum atomic E-state index is -0.242. The van der Waals surface area contributed by atoms with E-state index in [1.54, 1.807) is 42.5 Å². The van der Waals surface area contributed by atoms with Crippen molar-refractivity contribution in [2.75, 3.05) is 4.90 Å². The van der Waals surface area contributed by atoms with E-state index < -0.39 is 0 Å². The van der Waals surface area contributed by atoms with Crippen molar-refractivity contribution in [2.24, 2.45) is 23.7 Å². The van der Waals surface area contributed by atoms with Crippen LogP contribution < -0.4 is 4.90 Å². The number of carbonyl (C=O) groups is 3. The number of nitrogens with zero attached hydrogens (tertiary/aromatic N) is 1. The largest absolute Gasteiger partial charge is 0.289 e. The molecule has 5 rings (SSSR count). The Balaban J connectivity index is 1.59. The van der Waals surface area contributed by atoms with E-state index in [4.69, 9.17) is 11.6 Å². The van der Waals surface area contributed by atoms with Crippen molar-refractivity contribution in [1.29, 1.82) is 0 Å². The third kappa shape index (κ3) is 2.39. The Hall–Kier alpha value is -2.46. The average molecular weight is 380 g/mol. The third-order valence-electron chi connectivity index (χ3n) is 6.41. The maximum atomic E-state index is 13.1. The van der Waals surface area contributed by atoms with Gasteiger partial charge in [0.25, 0.3) is 0 Å². The highest BCUT2D eigenvalue weighted by Crippen LogP contribution is 2.56. The number of benzene rings is 2. The maximum Gasteiger partial charge on any atom is 0.237 e. The van der Waals surface area contributed by atoms with Crippen LogP contribution in [-0.2, 0) is 9.59 Å². The van der Waals surface area contributed by atoms with E-state index >= 15 is 0 Å². The predicted octanol–water partition coefficient (Wildman–Crippen LogP) is 4.11. The fourth-order valence-corrected chi connectivity index (χ4v) is 5.45. The molecule has 3 aliphatic rings. The van der Waals surface area contributed by atoms with Gasteiger partial charge < -0.3 is 0 Å². The Morgan fingerprint density at radius 3 is 2.19 bits per heavy atom. The van der Waals surface area contributed by atoms with Gasteiger partial charge in [0.05, 0.1) is 17.5 Å². The first kappa shape index (κ1) is 16.7. The van der Waals surface area contributed by atoms with E-state index in [-0.39, 0.29) is 29.4 Å². The molecule has 1 aliphatic heterocycles. The predicted molar refractivity (Wildman–Crippen MR) is 102 cm³/mol. The van der Waals surface area contributed by atoms with Gasteiger partial charge in [-0.1, -0.05) is 41.9 Å². The highest BCUT2D eigenvalue weighted by atomic mass is 35.5. The summed E-state index contributed by atoms with van der Waals surface area (Å²) in [6.45, 7) is 0. The van der Waals surface area contributed by atoms with Gasteiger partial charge in [0.1, 0.15) is 0 Å². The van der Waals surface area contributed by atoms with Crippen LogP contribution in [0.1, 0.15) is 35.2 Å². The first-order valence-electron chi connectivity index (χ1n) is 9.33. The lowest BCUT2D eigenvalue weighted by Crippen LogP contribution is -2.34. The Morgan fingerprint density at radius 1 is 0.926 bits per heavy atom. The Morgan fingerprint density at radius 2 is 1.56 bits per heavy atom. The van der Waals surface area contributed by atoms with Crippen LogP contribution in [0.3, 0.4) is 0 Å². The molecule has 2 saturated carbocycles. The molecule has 0 aromatic heterocycles. The Kier molecular flexibility index (Phi) is 3.73. The second kappa shape index (κ2) is 6.03. The molecule has 5 heteroatoms. The summed E-state index contributed by atoms with van der Waals surface area (Å²) < 4.78 is 0. The van der Waals surface area contributed by atoms with E-state index in [2.05, 4.69) is 0 Å². The van der Waals surface area contributed by atoms with Crippen LogP contribution in [0.2, 0.25) is 5.02 Å². The van der Waals surface area contributed by atoms with Gasteiger partial charge in [0.2, 0.25) is 11.8 Å². The van der Waals surface area contributed by atoms with Crippen LogP contribution in [-0.4, -0.2) is 17.6 Å². The van der Waals surface area contributed by atoms with Gasteiger partial charge >= 0.3 is 0 Å². The summed E-state index contributed by atoms with van der Waals surface area (Å²) in [5.41, 5.74) is 1.15. The summed E-state index contributed by atoms with van der Waals surface area (Å²) in [4.78, 5) is 40.6. The zero-order chi connectivity index (χ0) is 18.7. The van der Waals surface area contributed by atoms with Crippen LogP contribution in [0, 0.1) is 23.7 Å². The van der Waals surface area contributed by atoms with Crippen LogP contribution in [0.15, 0.2) is 48.5 Å². The molecule has 4 atom stereocenters. The van der Waals surface area contributed by atoms with Crippen molar-refractivity contribution in [2.45, 2.75) is 19.3 Å². The number of amides is 2. The second-order valence-electron chi connectivity index (χ2n) is 7.75. The summed E-state index contributed by atoms with van der Waals surface area (Å²) in [6, 6.07) is 13.6. The Bertz CT molecular complexity index is 943. The number of ketones is 1. The molecule has 2 amide bonds. The van der Waals surface area contributed by atoms with Crippen LogP contribution in [0.5, 0.6) is 0 Å². The molecule has 0 spiro atoms. The van der Waals surface area contributed by atoms with Crippen LogP contribution in [0.25, 0.3) is 0 Å². The standard InChI is InChI=1S/C22H18ClNO3/c23-15-8-9-17(16(11-15)20(25)12-4-2-1-3-5-12)24-21(26)18-13-6-7-14(10-13)19(18)22(24)27/h1-5,8-9,11,13-14,18-19H,6-7,10H2/t13-,14-,18+,19+/m1/s1. The lowest BCUT2D eigenvalue weighted by molar-refractivity contribution is -0.123. The van der Waals surface area contributed by atoms with E-state index in [9.17, 15) is 14.4 Å². The molecule has 0 radical (unpaired) electrons. The molecule has 1 saturated heterocycles. The molecular formula is C22H18ClNO3. The van der Waals surface area contributed by atoms with Crippen molar-refractivity contribution in [3.8, 4) is 0 Å². The molecular weight excluding hydrogens is 362 g/mol. The zero-order valence-corrected chi connectivity index (χ0v) is 15.4. The Labute approximate surface area is 162 Å². The summed E-state index contributed by atoms with van der Waals surface area (Å²) in [7, 11) is 0. The first-order chi connectivity index (χ1) is 13.1. The molecule has 0 unspecified atom stereocenters. The third-order valence-corrected chi connectivity index (χ3v) is 6.64. The van der Waals surface area contributed by atoms with Crippen molar-refractivity contribution in [1.82, 2.24) is 0 Å². The average Bonchev–Trinajstić information content (AvgIpc) is 3.36. The highest BCUT2D eigenvalue weighted by molar-refractivity contribution is 6.32. The van der Waals surface area contributed by atoms with Gasteiger partial charge in [0, 0.05) is 16.1 Å². The molecule has 2 aliphatic carbocycles. The van der Waals surface area contributed by atoms with Gasteiger partial charge in [-0.15, -0.1) is 0 Å². The minimum absolute atomic E-state index is 0.151. The monoisotopic (exact) mass is 379 g/mol. The smallest absolute Gasteiger partial charge is 0.237 e. The zero-order valence-electron chi connectivity index (χ0n) is 14.6. The van der Waals surface area contributed by atoms with E-state index in [1.807, 2.05) is 6.07 Å². The normalized spacial score (nSPS) is 28.7. The summed E-state index contributed by atoms with van der Waals surface area (Å²) in [6.07, 6.45) is 3.03. The number of halogens is 1. The van der Waals surface area contributed by atoms with E-state index in [0.717, 1.165) is 19.3 Å². The molecule has 136 valence electrons. The molecule has 4 nitrogen and oxygen atoms in total. The summed E-state index contributed by atoms with van der Waals surface area (Å²) in [5, 5.41) is 0.400. The number of carbonyl (C=O) groups excluding carboxylic acids is 3. The fourth-order valence-electron chi connectivity index (χ4n) is 5.28. The first-order valence-corrected chi connectivity index (χ1v) is 9.71. The van der Waals surface area contributed by atoms with Gasteiger partial charge in [0.15, 0.2) is 5.78 Å². The lowest BCUT2D eigenvalue weighted by Gasteiger charge is -2.20. The van der Waals surface area contributed by atoms with Gasteiger partial charge in [-0.2, -0.15) is 0 Å². The molecule has 2 aromatic carbocycles. The highest BCUT2D eigenvalue weighted by Gasteiger charge is 2.61. The quantitative estimate of drug-likeness (QED) is 0.595. The summed E-state index contributed by atoms with van der Waals surface area (Å²) in [5.74, 6) is -0.362. The van der Waals surface area contributed by atoms with Crippen LogP contribution >= 0.6 is 11.6 Å². The van der Waals surface area contributed by atoms with Crippen LogP contribution in [0.4, 0.5) is 5.69 Å². The molecule has 0 N–H and O–H groups in total. The van der Waals surface area contributed by atoms with Crippen molar-refractivity contribution >= 4 is 34.9 Å². The SMILES string of the molecule is O=C(c1ccccc1)c1cc(Cl)ccc1N1C(=O)[C@H]2[C@@H]3CC[C@H](C3)[C@@H]2C1=O.